The van der Waals surface area contributed by atoms with Crippen molar-refractivity contribution in [2.45, 2.75) is 36.1 Å². The molecule has 2 aliphatic rings. The molecule has 1 fully saturated rings. The molecule has 68 valence electrons. The van der Waals surface area contributed by atoms with Crippen molar-refractivity contribution in [2.24, 2.45) is 0 Å². The summed E-state index contributed by atoms with van der Waals surface area (Å²) in [6.07, 6.45) is 8.32. The average Bonchev–Trinajstić information content (AvgIpc) is 2.77. The first-order valence-electron chi connectivity index (χ1n) is 4.93. The van der Waals surface area contributed by atoms with Crippen LogP contribution in [0.2, 0.25) is 0 Å². The molecule has 0 amide bonds. The van der Waals surface area contributed by atoms with Crippen LogP contribution in [0.25, 0.3) is 0 Å². The van der Waals surface area contributed by atoms with E-state index in [0.29, 0.717) is 0 Å². The zero-order valence-electron chi connectivity index (χ0n) is 7.79. The van der Waals surface area contributed by atoms with Crippen LogP contribution >= 0.6 is 11.8 Å². The molecule has 3 rings (SSSR count). The summed E-state index contributed by atoms with van der Waals surface area (Å²) in [7, 11) is 0. The van der Waals surface area contributed by atoms with Crippen LogP contribution in [0, 0.1) is 0 Å². The average molecular weight is 191 g/mol. The molecule has 13 heavy (non-hydrogen) atoms. The minimum atomic E-state index is 0.844. The lowest BCUT2D eigenvalue weighted by Crippen LogP contribution is -2.00. The molecule has 1 heterocycles. The Bertz CT molecular complexity index is 348. The van der Waals surface area contributed by atoms with E-state index in [1.165, 1.54) is 24.3 Å². The number of pyridine rings is 1. The van der Waals surface area contributed by atoms with E-state index in [9.17, 15) is 0 Å². The first-order chi connectivity index (χ1) is 6.40. The zero-order valence-corrected chi connectivity index (χ0v) is 8.60. The predicted molar refractivity (Wildman–Crippen MR) is 55.4 cm³/mol. The fraction of sp³-hybridized carbons (Fsp3) is 0.545. The molecule has 0 aliphatic heterocycles. The van der Waals surface area contributed by atoms with Crippen LogP contribution in [0.15, 0.2) is 17.3 Å². The lowest BCUT2D eigenvalue weighted by atomic mass is 9.94. The highest BCUT2D eigenvalue weighted by atomic mass is 32.2. The number of rotatable bonds is 1. The number of aromatic nitrogens is 1. The summed E-state index contributed by atoms with van der Waals surface area (Å²) >= 11 is 1.80. The maximum Gasteiger partial charge on any atom is 0.0994 e. The third kappa shape index (κ3) is 0.983. The highest BCUT2D eigenvalue weighted by molar-refractivity contribution is 7.98. The monoisotopic (exact) mass is 191 g/mol. The van der Waals surface area contributed by atoms with Gasteiger partial charge in [-0.15, -0.1) is 11.8 Å². The van der Waals surface area contributed by atoms with E-state index in [1.54, 1.807) is 22.9 Å². The van der Waals surface area contributed by atoms with Crippen LogP contribution in [0.3, 0.4) is 0 Å². The van der Waals surface area contributed by atoms with Gasteiger partial charge in [0.15, 0.2) is 0 Å². The van der Waals surface area contributed by atoms with Gasteiger partial charge in [-0.1, -0.05) is 0 Å². The van der Waals surface area contributed by atoms with E-state index >= 15 is 0 Å². The lowest BCUT2D eigenvalue weighted by molar-refractivity contribution is 0.696. The molecular formula is C11H13NS. The van der Waals surface area contributed by atoms with Crippen molar-refractivity contribution in [3.05, 3.63) is 23.4 Å². The number of hydrogen-bond donors (Lipinski definition) is 0. The van der Waals surface area contributed by atoms with Gasteiger partial charge in [-0.25, -0.2) is 4.98 Å². The Labute approximate surface area is 83.0 Å². The van der Waals surface area contributed by atoms with Crippen LogP contribution in [0.5, 0.6) is 0 Å². The second kappa shape index (κ2) is 2.74. The van der Waals surface area contributed by atoms with Crippen LogP contribution < -0.4 is 0 Å². The SMILES string of the molecule is CSc1nccc2c1C1CCC2C1. The van der Waals surface area contributed by atoms with Gasteiger partial charge in [0.05, 0.1) is 5.03 Å². The Morgan fingerprint density at radius 2 is 2.23 bits per heavy atom. The number of fused-ring (bicyclic) bond motifs is 5. The summed E-state index contributed by atoms with van der Waals surface area (Å²) < 4.78 is 0. The molecule has 1 saturated carbocycles. The van der Waals surface area contributed by atoms with Gasteiger partial charge < -0.3 is 0 Å². The molecule has 0 spiro atoms. The Balaban J connectivity index is 2.20. The van der Waals surface area contributed by atoms with Crippen molar-refractivity contribution in [1.82, 2.24) is 4.98 Å². The van der Waals surface area contributed by atoms with E-state index in [2.05, 4.69) is 17.3 Å². The molecule has 2 unspecified atom stereocenters. The lowest BCUT2D eigenvalue weighted by Gasteiger charge is -2.16. The third-order valence-electron chi connectivity index (χ3n) is 3.46. The van der Waals surface area contributed by atoms with Gasteiger partial charge in [-0.2, -0.15) is 0 Å². The molecule has 2 atom stereocenters. The highest BCUT2D eigenvalue weighted by Gasteiger charge is 2.38. The summed E-state index contributed by atoms with van der Waals surface area (Å²) in [5.41, 5.74) is 3.20. The minimum Gasteiger partial charge on any atom is -0.250 e. The van der Waals surface area contributed by atoms with Crippen LogP contribution in [0.4, 0.5) is 0 Å². The maximum atomic E-state index is 4.45. The molecule has 2 bridgehead atoms. The van der Waals surface area contributed by atoms with Gasteiger partial charge in [0.25, 0.3) is 0 Å². The molecule has 1 nitrogen and oxygen atoms in total. The Morgan fingerprint density at radius 3 is 3.08 bits per heavy atom. The fourth-order valence-corrected chi connectivity index (χ4v) is 3.59. The van der Waals surface area contributed by atoms with Crippen molar-refractivity contribution in [1.29, 1.82) is 0 Å². The van der Waals surface area contributed by atoms with Gasteiger partial charge >= 0.3 is 0 Å². The maximum absolute atomic E-state index is 4.45. The Morgan fingerprint density at radius 1 is 1.38 bits per heavy atom. The van der Waals surface area contributed by atoms with E-state index in [4.69, 9.17) is 0 Å². The van der Waals surface area contributed by atoms with Crippen LogP contribution in [-0.2, 0) is 0 Å². The second-order valence-electron chi connectivity index (χ2n) is 4.03. The standard InChI is InChI=1S/C11H13NS/c1-13-11-10-8-3-2-7(6-8)9(10)4-5-12-11/h4-5,7-8H,2-3,6H2,1H3. The van der Waals surface area contributed by atoms with E-state index in [0.717, 1.165) is 11.8 Å². The molecule has 2 heteroatoms. The highest BCUT2D eigenvalue weighted by Crippen LogP contribution is 2.54. The van der Waals surface area contributed by atoms with Crippen molar-refractivity contribution < 1.29 is 0 Å². The van der Waals surface area contributed by atoms with Crippen molar-refractivity contribution in [3.63, 3.8) is 0 Å². The van der Waals surface area contributed by atoms with Crippen molar-refractivity contribution >= 4 is 11.8 Å². The predicted octanol–water partition coefficient (Wildman–Crippen LogP) is 3.17. The Kier molecular flexibility index (Phi) is 1.66. The topological polar surface area (TPSA) is 12.9 Å². The Hall–Kier alpha value is -0.500. The van der Waals surface area contributed by atoms with E-state index in [-0.39, 0.29) is 0 Å². The second-order valence-corrected chi connectivity index (χ2v) is 4.82. The molecule has 0 saturated heterocycles. The quantitative estimate of drug-likeness (QED) is 0.632. The molecule has 2 aliphatic carbocycles. The van der Waals surface area contributed by atoms with Gasteiger partial charge in [-0.05, 0) is 54.5 Å². The van der Waals surface area contributed by atoms with Gasteiger partial charge in [-0.3, -0.25) is 0 Å². The number of hydrogen-bond acceptors (Lipinski definition) is 2. The summed E-state index contributed by atoms with van der Waals surface area (Å²) in [4.78, 5) is 4.45. The van der Waals surface area contributed by atoms with E-state index < -0.39 is 0 Å². The first-order valence-corrected chi connectivity index (χ1v) is 6.15. The van der Waals surface area contributed by atoms with Gasteiger partial charge in [0.1, 0.15) is 0 Å². The largest absolute Gasteiger partial charge is 0.250 e. The zero-order chi connectivity index (χ0) is 8.84. The van der Waals surface area contributed by atoms with Crippen molar-refractivity contribution in [2.75, 3.05) is 6.26 Å². The van der Waals surface area contributed by atoms with Gasteiger partial charge in [0.2, 0.25) is 0 Å². The molecule has 0 radical (unpaired) electrons. The summed E-state index contributed by atoms with van der Waals surface area (Å²) in [6.45, 7) is 0. The fourth-order valence-electron chi connectivity index (χ4n) is 2.92. The number of thioether (sulfide) groups is 1. The smallest absolute Gasteiger partial charge is 0.0994 e. The molecular weight excluding hydrogens is 178 g/mol. The summed E-state index contributed by atoms with van der Waals surface area (Å²) in [6, 6.07) is 2.24. The van der Waals surface area contributed by atoms with Crippen molar-refractivity contribution in [3.8, 4) is 0 Å². The third-order valence-corrected chi connectivity index (χ3v) is 4.17. The minimum absolute atomic E-state index is 0.844. The van der Waals surface area contributed by atoms with Crippen LogP contribution in [-0.4, -0.2) is 11.2 Å². The first kappa shape index (κ1) is 7.86. The molecule has 1 aromatic rings. The number of nitrogens with zero attached hydrogens (tertiary/aromatic N) is 1. The normalized spacial score (nSPS) is 29.3. The molecule has 0 aromatic carbocycles. The van der Waals surface area contributed by atoms with Crippen LogP contribution in [0.1, 0.15) is 42.2 Å². The summed E-state index contributed by atoms with van der Waals surface area (Å²) in [5.74, 6) is 1.71. The molecule has 0 N–H and O–H groups in total. The summed E-state index contributed by atoms with van der Waals surface area (Å²) in [5, 5.41) is 1.28. The van der Waals surface area contributed by atoms with E-state index in [1.807, 2.05) is 6.20 Å². The van der Waals surface area contributed by atoms with Gasteiger partial charge in [0, 0.05) is 6.20 Å². The molecule has 1 aromatic heterocycles.